The van der Waals surface area contributed by atoms with E-state index in [0.717, 1.165) is 34.3 Å². The molecular formula is C19H17ClN2O2S. The van der Waals surface area contributed by atoms with Gasteiger partial charge in [0.05, 0.1) is 10.6 Å². The van der Waals surface area contributed by atoms with Crippen molar-refractivity contribution in [3.05, 3.63) is 71.8 Å². The number of sulfonamides is 1. The highest BCUT2D eigenvalue weighted by atomic mass is 35.5. The number of benzene rings is 3. The second kappa shape index (κ2) is 6.33. The highest BCUT2D eigenvalue weighted by Crippen LogP contribution is 2.32. The van der Waals surface area contributed by atoms with Crippen LogP contribution in [0.5, 0.6) is 0 Å². The van der Waals surface area contributed by atoms with Crippen molar-refractivity contribution >= 4 is 38.3 Å². The maximum Gasteiger partial charge on any atom is 0.278 e. The molecule has 0 aromatic heterocycles. The second-order valence-electron chi connectivity index (χ2n) is 6.08. The highest BCUT2D eigenvalue weighted by Gasteiger charge is 2.26. The lowest BCUT2D eigenvalue weighted by molar-refractivity contribution is 0.598. The van der Waals surface area contributed by atoms with Crippen LogP contribution in [-0.2, 0) is 23.0 Å². The van der Waals surface area contributed by atoms with E-state index in [1.807, 2.05) is 36.4 Å². The van der Waals surface area contributed by atoms with Gasteiger partial charge < -0.3 is 5.32 Å². The summed E-state index contributed by atoms with van der Waals surface area (Å²) in [5, 5.41) is 4.83. The van der Waals surface area contributed by atoms with Crippen LogP contribution in [0, 0.1) is 0 Å². The van der Waals surface area contributed by atoms with Gasteiger partial charge in [-0.2, -0.15) is 12.2 Å². The number of hydrogen-bond acceptors (Lipinski definition) is 3. The lowest BCUT2D eigenvalue weighted by atomic mass is 10.0. The molecule has 0 saturated heterocycles. The summed E-state index contributed by atoms with van der Waals surface area (Å²) >= 11 is 6.31. The first-order chi connectivity index (χ1) is 12.1. The first-order valence-corrected chi connectivity index (χ1v) is 9.86. The highest BCUT2D eigenvalue weighted by molar-refractivity contribution is 7.94. The number of anilines is 1. The predicted octanol–water partition coefficient (Wildman–Crippen LogP) is 3.83. The standard InChI is InChI=1S/C19H17ClN2O2S/c20-22(17-9-8-16-13-21-11-10-15(16)12-17)25(23,24)19-7-3-5-14-4-1-2-6-18(14)19/h1-9,12,21H,10-11,13H2. The van der Waals surface area contributed by atoms with Gasteiger partial charge in [-0.3, -0.25) is 0 Å². The summed E-state index contributed by atoms with van der Waals surface area (Å²) < 4.78 is 27.1. The van der Waals surface area contributed by atoms with Crippen molar-refractivity contribution < 1.29 is 8.42 Å². The molecule has 1 aliphatic heterocycles. The minimum atomic E-state index is -3.86. The third-order valence-electron chi connectivity index (χ3n) is 4.52. The molecule has 4 nitrogen and oxygen atoms in total. The minimum absolute atomic E-state index is 0.208. The van der Waals surface area contributed by atoms with Gasteiger partial charge in [0, 0.05) is 23.7 Å². The van der Waals surface area contributed by atoms with Crippen molar-refractivity contribution in [1.29, 1.82) is 0 Å². The van der Waals surface area contributed by atoms with Crippen LogP contribution >= 0.6 is 11.8 Å². The van der Waals surface area contributed by atoms with Crippen LogP contribution in [-0.4, -0.2) is 15.0 Å². The largest absolute Gasteiger partial charge is 0.312 e. The Morgan fingerprint density at radius 2 is 1.76 bits per heavy atom. The van der Waals surface area contributed by atoms with Gasteiger partial charge >= 0.3 is 0 Å². The Balaban J connectivity index is 1.79. The molecule has 3 aromatic carbocycles. The molecule has 1 aliphatic rings. The van der Waals surface area contributed by atoms with Crippen molar-refractivity contribution in [1.82, 2.24) is 5.32 Å². The fourth-order valence-corrected chi connectivity index (χ4v) is 4.83. The monoisotopic (exact) mass is 372 g/mol. The van der Waals surface area contributed by atoms with Gasteiger partial charge in [0.1, 0.15) is 0 Å². The minimum Gasteiger partial charge on any atom is -0.312 e. The topological polar surface area (TPSA) is 49.4 Å². The molecule has 1 heterocycles. The number of halogens is 1. The zero-order valence-electron chi connectivity index (χ0n) is 13.4. The fourth-order valence-electron chi connectivity index (χ4n) is 3.22. The van der Waals surface area contributed by atoms with Crippen molar-refractivity contribution in [3.8, 4) is 0 Å². The van der Waals surface area contributed by atoms with E-state index >= 15 is 0 Å². The maximum absolute atomic E-state index is 13.1. The van der Waals surface area contributed by atoms with Crippen molar-refractivity contribution in [3.63, 3.8) is 0 Å². The number of nitrogens with one attached hydrogen (secondary N) is 1. The van der Waals surface area contributed by atoms with Crippen LogP contribution in [0.3, 0.4) is 0 Å². The molecule has 128 valence electrons. The van der Waals surface area contributed by atoms with Crippen molar-refractivity contribution in [2.24, 2.45) is 0 Å². The number of hydrogen-bond donors (Lipinski definition) is 1. The Bertz CT molecular complexity index is 1040. The number of rotatable bonds is 3. The summed E-state index contributed by atoms with van der Waals surface area (Å²) in [6.07, 6.45) is 0.863. The molecule has 25 heavy (non-hydrogen) atoms. The van der Waals surface area contributed by atoms with Gasteiger partial charge in [-0.1, -0.05) is 42.5 Å². The first kappa shape index (κ1) is 16.4. The normalized spacial score (nSPS) is 14.3. The molecule has 3 aromatic rings. The number of nitrogens with zero attached hydrogens (tertiary/aromatic N) is 1. The van der Waals surface area contributed by atoms with Gasteiger partial charge in [-0.15, -0.1) is 0 Å². The van der Waals surface area contributed by atoms with Gasteiger partial charge in [-0.05, 0) is 47.7 Å². The van der Waals surface area contributed by atoms with Gasteiger partial charge in [-0.25, -0.2) is 0 Å². The molecule has 0 bridgehead atoms. The van der Waals surface area contributed by atoms with E-state index in [1.165, 1.54) is 5.56 Å². The Morgan fingerprint density at radius 3 is 2.64 bits per heavy atom. The molecule has 4 rings (SSSR count). The summed E-state index contributed by atoms with van der Waals surface area (Å²) in [7, 11) is -3.86. The molecule has 0 fully saturated rings. The molecule has 0 aliphatic carbocycles. The van der Waals surface area contributed by atoms with Crippen LogP contribution in [0.4, 0.5) is 5.69 Å². The van der Waals surface area contributed by atoms with E-state index in [9.17, 15) is 8.42 Å². The first-order valence-electron chi connectivity index (χ1n) is 8.09. The predicted molar refractivity (Wildman–Crippen MR) is 101 cm³/mol. The van der Waals surface area contributed by atoms with Crippen LogP contribution in [0.2, 0.25) is 0 Å². The maximum atomic E-state index is 13.1. The zero-order chi connectivity index (χ0) is 17.4. The summed E-state index contributed by atoms with van der Waals surface area (Å²) in [6, 6.07) is 18.2. The second-order valence-corrected chi connectivity index (χ2v) is 8.37. The molecular weight excluding hydrogens is 356 g/mol. The zero-order valence-corrected chi connectivity index (χ0v) is 15.0. The van der Waals surface area contributed by atoms with Crippen LogP contribution < -0.4 is 9.14 Å². The van der Waals surface area contributed by atoms with E-state index < -0.39 is 10.0 Å². The Hall–Kier alpha value is -2.08. The van der Waals surface area contributed by atoms with Crippen LogP contribution in [0.15, 0.2) is 65.6 Å². The summed E-state index contributed by atoms with van der Waals surface area (Å²) in [5.41, 5.74) is 2.79. The average molecular weight is 373 g/mol. The Kier molecular flexibility index (Phi) is 4.15. The van der Waals surface area contributed by atoms with Gasteiger partial charge in [0.15, 0.2) is 0 Å². The summed E-state index contributed by atoms with van der Waals surface area (Å²) in [6.45, 7) is 1.68. The molecule has 0 spiro atoms. The molecule has 0 saturated carbocycles. The molecule has 0 atom stereocenters. The smallest absolute Gasteiger partial charge is 0.278 e. The van der Waals surface area contributed by atoms with E-state index in [2.05, 4.69) is 5.32 Å². The lowest BCUT2D eigenvalue weighted by Gasteiger charge is -2.21. The third-order valence-corrected chi connectivity index (χ3v) is 6.80. The Labute approximate surface area is 152 Å². The van der Waals surface area contributed by atoms with Crippen LogP contribution in [0.1, 0.15) is 11.1 Å². The van der Waals surface area contributed by atoms with E-state index in [4.69, 9.17) is 11.8 Å². The summed E-state index contributed by atoms with van der Waals surface area (Å²) in [4.78, 5) is 0.208. The lowest BCUT2D eigenvalue weighted by Crippen LogP contribution is -2.25. The SMILES string of the molecule is O=S(=O)(c1cccc2ccccc12)N(Cl)c1ccc2c(c1)CCNC2. The molecule has 6 heteroatoms. The summed E-state index contributed by atoms with van der Waals surface area (Å²) in [5.74, 6) is 0. The van der Waals surface area contributed by atoms with Gasteiger partial charge in [0.2, 0.25) is 0 Å². The fraction of sp³-hybridized carbons (Fsp3) is 0.158. The van der Waals surface area contributed by atoms with Crippen molar-refractivity contribution in [2.45, 2.75) is 17.9 Å². The van der Waals surface area contributed by atoms with E-state index in [0.29, 0.717) is 11.1 Å². The van der Waals surface area contributed by atoms with E-state index in [1.54, 1.807) is 24.3 Å². The van der Waals surface area contributed by atoms with Crippen LogP contribution in [0.25, 0.3) is 10.8 Å². The van der Waals surface area contributed by atoms with Crippen molar-refractivity contribution in [2.75, 3.05) is 10.4 Å². The van der Waals surface area contributed by atoms with E-state index in [-0.39, 0.29) is 4.90 Å². The average Bonchev–Trinajstić information content (AvgIpc) is 2.66. The molecule has 0 radical (unpaired) electrons. The Morgan fingerprint density at radius 1 is 0.960 bits per heavy atom. The third kappa shape index (κ3) is 2.88. The molecule has 1 N–H and O–H groups in total. The number of fused-ring (bicyclic) bond motifs is 2. The quantitative estimate of drug-likeness (QED) is 0.711. The van der Waals surface area contributed by atoms with Gasteiger partial charge in [0.25, 0.3) is 10.0 Å². The molecule has 0 unspecified atom stereocenters. The molecule has 0 amide bonds.